The Morgan fingerprint density at radius 1 is 1.08 bits per heavy atom. The molecular weight excluding hydrogens is 324 g/mol. The number of aromatic nitrogens is 1. The molecule has 4 heteroatoms. The number of pyridine rings is 1. The summed E-state index contributed by atoms with van der Waals surface area (Å²) < 4.78 is 6.17. The van der Waals surface area contributed by atoms with Crippen LogP contribution in [0, 0.1) is 11.3 Å². The van der Waals surface area contributed by atoms with Crippen molar-refractivity contribution in [1.82, 2.24) is 4.98 Å². The number of hydrogen-bond donors (Lipinski definition) is 2. The molecule has 1 aliphatic rings. The molecule has 0 saturated heterocycles. The van der Waals surface area contributed by atoms with Crippen molar-refractivity contribution in [1.29, 1.82) is 0 Å². The van der Waals surface area contributed by atoms with Gasteiger partial charge in [-0.25, -0.2) is 4.98 Å². The minimum Gasteiger partial charge on any atom is -0.474 e. The fourth-order valence-electron chi connectivity index (χ4n) is 3.84. The Balaban J connectivity index is 1.69. The minimum absolute atomic E-state index is 0.0929. The van der Waals surface area contributed by atoms with Gasteiger partial charge in [-0.15, -0.1) is 0 Å². The zero-order valence-electron chi connectivity index (χ0n) is 16.5. The smallest absolute Gasteiger partial charge is 0.214 e. The SMILES string of the molecule is CC(C)(C)[C@H]1CC[C@H](Oc2ccc3cc([C@@](C)(N)CO)ccc3n2)CC1. The Labute approximate surface area is 156 Å². The third-order valence-electron chi connectivity index (χ3n) is 5.84. The van der Waals surface area contributed by atoms with E-state index in [1.54, 1.807) is 0 Å². The lowest BCUT2D eigenvalue weighted by Gasteiger charge is -2.36. The topological polar surface area (TPSA) is 68.4 Å². The third kappa shape index (κ3) is 4.18. The summed E-state index contributed by atoms with van der Waals surface area (Å²) >= 11 is 0. The second kappa shape index (κ2) is 7.16. The molecule has 1 saturated carbocycles. The van der Waals surface area contributed by atoms with Gasteiger partial charge in [0.15, 0.2) is 0 Å². The highest BCUT2D eigenvalue weighted by molar-refractivity contribution is 5.80. The minimum atomic E-state index is -0.741. The molecule has 3 rings (SSSR count). The van der Waals surface area contributed by atoms with E-state index in [0.717, 1.165) is 35.2 Å². The monoisotopic (exact) mass is 356 g/mol. The summed E-state index contributed by atoms with van der Waals surface area (Å²) in [5, 5.41) is 10.5. The first-order chi connectivity index (χ1) is 12.2. The molecule has 1 fully saturated rings. The molecule has 0 aliphatic heterocycles. The van der Waals surface area contributed by atoms with Gasteiger partial charge in [0.2, 0.25) is 5.88 Å². The molecule has 0 spiro atoms. The lowest BCUT2D eigenvalue weighted by atomic mass is 9.72. The first kappa shape index (κ1) is 19.1. The molecule has 1 aliphatic carbocycles. The summed E-state index contributed by atoms with van der Waals surface area (Å²) in [6, 6.07) is 9.85. The van der Waals surface area contributed by atoms with Crippen LogP contribution in [0.2, 0.25) is 0 Å². The summed E-state index contributed by atoms with van der Waals surface area (Å²) in [6.07, 6.45) is 4.91. The molecule has 26 heavy (non-hydrogen) atoms. The van der Waals surface area contributed by atoms with Crippen molar-refractivity contribution in [2.45, 2.75) is 65.0 Å². The van der Waals surface area contributed by atoms with Crippen LogP contribution in [-0.2, 0) is 5.54 Å². The summed E-state index contributed by atoms with van der Waals surface area (Å²) in [7, 11) is 0. The van der Waals surface area contributed by atoms with Gasteiger partial charge in [0, 0.05) is 11.5 Å². The van der Waals surface area contributed by atoms with Crippen LogP contribution in [0.5, 0.6) is 5.88 Å². The zero-order valence-corrected chi connectivity index (χ0v) is 16.5. The molecule has 0 unspecified atom stereocenters. The van der Waals surface area contributed by atoms with Gasteiger partial charge >= 0.3 is 0 Å². The summed E-state index contributed by atoms with van der Waals surface area (Å²) in [4.78, 5) is 4.66. The van der Waals surface area contributed by atoms with Crippen molar-refractivity contribution in [3.8, 4) is 5.88 Å². The number of nitrogens with two attached hydrogens (primary N) is 1. The van der Waals surface area contributed by atoms with Crippen LogP contribution in [-0.4, -0.2) is 22.8 Å². The van der Waals surface area contributed by atoms with Crippen LogP contribution in [0.3, 0.4) is 0 Å². The lowest BCUT2D eigenvalue weighted by molar-refractivity contribution is 0.0854. The van der Waals surface area contributed by atoms with E-state index in [4.69, 9.17) is 10.5 Å². The first-order valence-corrected chi connectivity index (χ1v) is 9.67. The van der Waals surface area contributed by atoms with E-state index in [-0.39, 0.29) is 12.7 Å². The van der Waals surface area contributed by atoms with E-state index in [2.05, 4.69) is 25.8 Å². The van der Waals surface area contributed by atoms with Gasteiger partial charge in [-0.05, 0) is 67.7 Å². The maximum absolute atomic E-state index is 9.45. The van der Waals surface area contributed by atoms with Gasteiger partial charge in [0.25, 0.3) is 0 Å². The van der Waals surface area contributed by atoms with Gasteiger partial charge in [0.05, 0.1) is 17.7 Å². The van der Waals surface area contributed by atoms with Crippen LogP contribution in [0.1, 0.15) is 58.9 Å². The summed E-state index contributed by atoms with van der Waals surface area (Å²) in [5.74, 6) is 1.48. The maximum atomic E-state index is 9.45. The normalized spacial score (nSPS) is 23.6. The predicted octanol–water partition coefficient (Wildman–Crippen LogP) is 4.38. The van der Waals surface area contributed by atoms with Crippen molar-refractivity contribution in [3.63, 3.8) is 0 Å². The number of hydrogen-bond acceptors (Lipinski definition) is 4. The largest absolute Gasteiger partial charge is 0.474 e. The maximum Gasteiger partial charge on any atom is 0.214 e. The molecule has 1 heterocycles. The average molecular weight is 357 g/mol. The van der Waals surface area contributed by atoms with Gasteiger partial charge in [0.1, 0.15) is 6.10 Å². The van der Waals surface area contributed by atoms with Crippen molar-refractivity contribution in [2.24, 2.45) is 17.1 Å². The predicted molar refractivity (Wildman–Crippen MR) is 106 cm³/mol. The highest BCUT2D eigenvalue weighted by Gasteiger charge is 2.30. The highest BCUT2D eigenvalue weighted by Crippen LogP contribution is 2.38. The van der Waals surface area contributed by atoms with Crippen molar-refractivity contribution in [3.05, 3.63) is 35.9 Å². The van der Waals surface area contributed by atoms with Crippen LogP contribution in [0.15, 0.2) is 30.3 Å². The van der Waals surface area contributed by atoms with Crippen molar-refractivity contribution in [2.75, 3.05) is 6.61 Å². The van der Waals surface area contributed by atoms with E-state index in [1.807, 2.05) is 37.3 Å². The van der Waals surface area contributed by atoms with E-state index >= 15 is 0 Å². The van der Waals surface area contributed by atoms with Gasteiger partial charge in [-0.1, -0.05) is 26.8 Å². The van der Waals surface area contributed by atoms with Crippen LogP contribution in [0.25, 0.3) is 10.9 Å². The Hall–Kier alpha value is -1.65. The fraction of sp³-hybridized carbons (Fsp3) is 0.591. The zero-order chi connectivity index (χ0) is 18.9. The molecule has 2 aromatic rings. The van der Waals surface area contributed by atoms with Gasteiger partial charge < -0.3 is 15.6 Å². The Bertz CT molecular complexity index is 756. The molecule has 1 aromatic heterocycles. The average Bonchev–Trinajstić information content (AvgIpc) is 2.61. The Morgan fingerprint density at radius 2 is 1.77 bits per heavy atom. The Morgan fingerprint density at radius 3 is 2.38 bits per heavy atom. The standard InChI is InChI=1S/C22H32N2O2/c1-21(2,3)16-6-9-18(10-7-16)26-20-12-5-15-13-17(22(4,23)14-25)8-11-19(15)24-20/h5,8,11-13,16,18,25H,6-7,9-10,14,23H2,1-4H3/t16-,18-,22-/m0/s1. The number of aliphatic hydroxyl groups excluding tert-OH is 1. The second-order valence-corrected chi connectivity index (χ2v) is 9.09. The van der Waals surface area contributed by atoms with E-state index < -0.39 is 5.54 Å². The highest BCUT2D eigenvalue weighted by atomic mass is 16.5. The quantitative estimate of drug-likeness (QED) is 0.853. The second-order valence-electron chi connectivity index (χ2n) is 9.09. The number of rotatable bonds is 4. The third-order valence-corrected chi connectivity index (χ3v) is 5.84. The Kier molecular flexibility index (Phi) is 5.27. The number of fused-ring (bicyclic) bond motifs is 1. The van der Waals surface area contributed by atoms with Gasteiger partial charge in [-0.3, -0.25) is 0 Å². The number of ether oxygens (including phenoxy) is 1. The van der Waals surface area contributed by atoms with E-state index in [1.165, 1.54) is 12.8 Å². The molecule has 0 bridgehead atoms. The molecule has 4 nitrogen and oxygen atoms in total. The van der Waals surface area contributed by atoms with Crippen LogP contribution in [0.4, 0.5) is 0 Å². The number of benzene rings is 1. The molecule has 0 radical (unpaired) electrons. The van der Waals surface area contributed by atoms with Gasteiger partial charge in [-0.2, -0.15) is 0 Å². The summed E-state index contributed by atoms with van der Waals surface area (Å²) in [5.41, 5.74) is 7.57. The number of nitrogens with zero attached hydrogens (tertiary/aromatic N) is 1. The molecule has 1 aromatic carbocycles. The first-order valence-electron chi connectivity index (χ1n) is 9.67. The van der Waals surface area contributed by atoms with Crippen molar-refractivity contribution >= 4 is 10.9 Å². The summed E-state index contributed by atoms with van der Waals surface area (Å²) in [6.45, 7) is 8.74. The molecule has 3 N–H and O–H groups in total. The van der Waals surface area contributed by atoms with Crippen LogP contribution >= 0.6 is 0 Å². The molecular formula is C22H32N2O2. The fourth-order valence-corrected chi connectivity index (χ4v) is 3.84. The lowest BCUT2D eigenvalue weighted by Crippen LogP contribution is -2.36. The van der Waals surface area contributed by atoms with Crippen molar-refractivity contribution < 1.29 is 9.84 Å². The molecule has 1 atom stereocenters. The van der Waals surface area contributed by atoms with E-state index in [9.17, 15) is 5.11 Å². The van der Waals surface area contributed by atoms with E-state index in [0.29, 0.717) is 11.3 Å². The van der Waals surface area contributed by atoms with Crippen LogP contribution < -0.4 is 10.5 Å². The molecule has 142 valence electrons. The molecule has 0 amide bonds. The number of aliphatic hydroxyl groups is 1.